The standard InChI is InChI=1S/C18H18/c1-3-13(2)15-10-11-18-16(12-15)9-8-14-6-4-5-7-17(14)18/h4-13H,3H2,1-2H3. The summed E-state index contributed by atoms with van der Waals surface area (Å²) in [7, 11) is 0. The molecule has 0 aliphatic rings. The maximum absolute atomic E-state index is 2.34. The summed E-state index contributed by atoms with van der Waals surface area (Å²) >= 11 is 0. The van der Waals surface area contributed by atoms with Crippen LogP contribution in [0.1, 0.15) is 31.7 Å². The molecule has 0 saturated carbocycles. The average Bonchev–Trinajstić information content (AvgIpc) is 2.45. The third kappa shape index (κ3) is 1.78. The second-order valence-electron chi connectivity index (χ2n) is 5.08. The van der Waals surface area contributed by atoms with Gasteiger partial charge in [0.1, 0.15) is 0 Å². The zero-order chi connectivity index (χ0) is 12.5. The molecule has 0 amide bonds. The first-order valence-corrected chi connectivity index (χ1v) is 6.71. The number of rotatable bonds is 2. The molecule has 3 aromatic carbocycles. The van der Waals surface area contributed by atoms with Gasteiger partial charge < -0.3 is 0 Å². The van der Waals surface area contributed by atoms with Crippen LogP contribution in [0.2, 0.25) is 0 Å². The quantitative estimate of drug-likeness (QED) is 0.513. The Hall–Kier alpha value is -1.82. The van der Waals surface area contributed by atoms with Crippen molar-refractivity contribution >= 4 is 21.5 Å². The Balaban J connectivity index is 2.28. The Morgan fingerprint density at radius 2 is 1.56 bits per heavy atom. The first-order chi connectivity index (χ1) is 8.79. The van der Waals surface area contributed by atoms with E-state index in [-0.39, 0.29) is 0 Å². The van der Waals surface area contributed by atoms with Crippen LogP contribution < -0.4 is 0 Å². The topological polar surface area (TPSA) is 0 Å². The summed E-state index contributed by atoms with van der Waals surface area (Å²) in [5.74, 6) is 0.640. The van der Waals surface area contributed by atoms with Crippen molar-refractivity contribution in [3.05, 3.63) is 60.2 Å². The fourth-order valence-corrected chi connectivity index (χ4v) is 2.57. The zero-order valence-electron chi connectivity index (χ0n) is 11.0. The summed E-state index contributed by atoms with van der Waals surface area (Å²) < 4.78 is 0. The van der Waals surface area contributed by atoms with Crippen molar-refractivity contribution in [2.24, 2.45) is 0 Å². The van der Waals surface area contributed by atoms with Gasteiger partial charge in [0.05, 0.1) is 0 Å². The van der Waals surface area contributed by atoms with Gasteiger partial charge in [0.15, 0.2) is 0 Å². The molecule has 0 aliphatic heterocycles. The summed E-state index contributed by atoms with van der Waals surface area (Å²) in [6.07, 6.45) is 1.19. The summed E-state index contributed by atoms with van der Waals surface area (Å²) in [5.41, 5.74) is 1.44. The number of hydrogen-bond acceptors (Lipinski definition) is 0. The molecular weight excluding hydrogens is 216 g/mol. The molecule has 90 valence electrons. The van der Waals surface area contributed by atoms with E-state index in [4.69, 9.17) is 0 Å². The maximum atomic E-state index is 2.34. The molecule has 3 rings (SSSR count). The van der Waals surface area contributed by atoms with Crippen molar-refractivity contribution in [3.8, 4) is 0 Å². The fourth-order valence-electron chi connectivity index (χ4n) is 2.57. The SMILES string of the molecule is CCC(C)c1ccc2c(ccc3ccccc32)c1. The maximum Gasteiger partial charge on any atom is -0.0105 e. The van der Waals surface area contributed by atoms with Gasteiger partial charge in [-0.05, 0) is 39.4 Å². The molecule has 18 heavy (non-hydrogen) atoms. The third-order valence-electron chi connectivity index (χ3n) is 3.95. The van der Waals surface area contributed by atoms with E-state index >= 15 is 0 Å². The van der Waals surface area contributed by atoms with Gasteiger partial charge in [-0.1, -0.05) is 68.4 Å². The van der Waals surface area contributed by atoms with E-state index in [2.05, 4.69) is 68.4 Å². The Labute approximate surface area is 108 Å². The summed E-state index contributed by atoms with van der Waals surface area (Å²) in [6.45, 7) is 4.54. The lowest BCUT2D eigenvalue weighted by Crippen LogP contribution is -1.90. The van der Waals surface area contributed by atoms with Gasteiger partial charge in [0.2, 0.25) is 0 Å². The van der Waals surface area contributed by atoms with Gasteiger partial charge in [-0.15, -0.1) is 0 Å². The van der Waals surface area contributed by atoms with Gasteiger partial charge >= 0.3 is 0 Å². The van der Waals surface area contributed by atoms with Crippen LogP contribution in [0.15, 0.2) is 54.6 Å². The summed E-state index contributed by atoms with van der Waals surface area (Å²) in [5, 5.41) is 5.39. The lowest BCUT2D eigenvalue weighted by molar-refractivity contribution is 0.735. The average molecular weight is 234 g/mol. The van der Waals surface area contributed by atoms with Gasteiger partial charge in [-0.2, -0.15) is 0 Å². The summed E-state index contributed by atoms with van der Waals surface area (Å²) in [6, 6.07) is 20.0. The smallest absolute Gasteiger partial charge is 0.0105 e. The molecule has 0 nitrogen and oxygen atoms in total. The largest absolute Gasteiger partial charge is 0.0648 e. The van der Waals surface area contributed by atoms with Crippen molar-refractivity contribution in [1.82, 2.24) is 0 Å². The van der Waals surface area contributed by atoms with Crippen molar-refractivity contribution in [3.63, 3.8) is 0 Å². The number of fused-ring (bicyclic) bond motifs is 3. The molecule has 0 fully saturated rings. The second kappa shape index (κ2) is 4.45. The molecule has 0 heterocycles. The minimum atomic E-state index is 0.640. The Kier molecular flexibility index (Phi) is 2.79. The fraction of sp³-hybridized carbons (Fsp3) is 0.222. The Morgan fingerprint density at radius 1 is 0.833 bits per heavy atom. The van der Waals surface area contributed by atoms with Crippen molar-refractivity contribution in [1.29, 1.82) is 0 Å². The minimum Gasteiger partial charge on any atom is -0.0648 e. The lowest BCUT2D eigenvalue weighted by atomic mass is 9.94. The number of hydrogen-bond donors (Lipinski definition) is 0. The van der Waals surface area contributed by atoms with Crippen LogP contribution in [-0.4, -0.2) is 0 Å². The highest BCUT2D eigenvalue weighted by atomic mass is 14.1. The first kappa shape index (κ1) is 11.3. The highest BCUT2D eigenvalue weighted by Crippen LogP contribution is 2.28. The van der Waals surface area contributed by atoms with Crippen LogP contribution in [0.4, 0.5) is 0 Å². The van der Waals surface area contributed by atoms with Crippen LogP contribution in [0.3, 0.4) is 0 Å². The van der Waals surface area contributed by atoms with E-state index in [1.165, 1.54) is 33.5 Å². The van der Waals surface area contributed by atoms with Gasteiger partial charge in [-0.3, -0.25) is 0 Å². The van der Waals surface area contributed by atoms with Crippen LogP contribution in [0.25, 0.3) is 21.5 Å². The predicted octanol–water partition coefficient (Wildman–Crippen LogP) is 5.51. The van der Waals surface area contributed by atoms with E-state index in [1.807, 2.05) is 0 Å². The van der Waals surface area contributed by atoms with E-state index in [0.717, 1.165) is 0 Å². The third-order valence-corrected chi connectivity index (χ3v) is 3.95. The highest BCUT2D eigenvalue weighted by molar-refractivity contribution is 6.07. The predicted molar refractivity (Wildman–Crippen MR) is 80.2 cm³/mol. The van der Waals surface area contributed by atoms with Gasteiger partial charge in [0.25, 0.3) is 0 Å². The zero-order valence-corrected chi connectivity index (χ0v) is 11.0. The highest BCUT2D eigenvalue weighted by Gasteiger charge is 2.05. The van der Waals surface area contributed by atoms with Crippen molar-refractivity contribution < 1.29 is 0 Å². The Morgan fingerprint density at radius 3 is 2.39 bits per heavy atom. The van der Waals surface area contributed by atoms with Gasteiger partial charge in [0, 0.05) is 0 Å². The van der Waals surface area contributed by atoms with Crippen LogP contribution in [0, 0.1) is 0 Å². The van der Waals surface area contributed by atoms with E-state index in [0.29, 0.717) is 5.92 Å². The molecule has 0 bridgehead atoms. The molecular formula is C18H18. The minimum absolute atomic E-state index is 0.640. The van der Waals surface area contributed by atoms with E-state index < -0.39 is 0 Å². The molecule has 1 atom stereocenters. The monoisotopic (exact) mass is 234 g/mol. The molecule has 0 spiro atoms. The number of benzene rings is 3. The van der Waals surface area contributed by atoms with Crippen molar-refractivity contribution in [2.45, 2.75) is 26.2 Å². The second-order valence-corrected chi connectivity index (χ2v) is 5.08. The normalized spacial score (nSPS) is 13.0. The summed E-state index contributed by atoms with van der Waals surface area (Å²) in [4.78, 5) is 0. The van der Waals surface area contributed by atoms with Crippen LogP contribution in [0.5, 0.6) is 0 Å². The first-order valence-electron chi connectivity index (χ1n) is 6.71. The molecule has 0 N–H and O–H groups in total. The molecule has 0 radical (unpaired) electrons. The van der Waals surface area contributed by atoms with E-state index in [1.54, 1.807) is 0 Å². The molecule has 0 aliphatic carbocycles. The Bertz CT molecular complexity index is 695. The molecule has 0 aromatic heterocycles. The van der Waals surface area contributed by atoms with Crippen LogP contribution in [-0.2, 0) is 0 Å². The molecule has 3 aromatic rings. The molecule has 0 saturated heterocycles. The molecule has 1 unspecified atom stereocenters. The molecule has 0 heteroatoms. The lowest BCUT2D eigenvalue weighted by Gasteiger charge is -2.11. The van der Waals surface area contributed by atoms with E-state index in [9.17, 15) is 0 Å². The van der Waals surface area contributed by atoms with Gasteiger partial charge in [-0.25, -0.2) is 0 Å². The van der Waals surface area contributed by atoms with Crippen LogP contribution >= 0.6 is 0 Å². The van der Waals surface area contributed by atoms with Crippen molar-refractivity contribution in [2.75, 3.05) is 0 Å².